The van der Waals surface area contributed by atoms with Crippen LogP contribution in [-0.2, 0) is 17.1 Å². The molecule has 0 aromatic heterocycles. The van der Waals surface area contributed by atoms with Gasteiger partial charge in [0.15, 0.2) is 0 Å². The first kappa shape index (κ1) is 27.7. The van der Waals surface area contributed by atoms with Gasteiger partial charge in [-0.3, -0.25) is 0 Å². The zero-order chi connectivity index (χ0) is 15.6. The molecule has 0 amide bonds. The second-order valence-electron chi connectivity index (χ2n) is 5.64. The molecule has 0 aliphatic rings. The number of hydrogen-bond donors (Lipinski definition) is 0. The van der Waals surface area contributed by atoms with Gasteiger partial charge >= 0.3 is 45.4 Å². The van der Waals surface area contributed by atoms with Gasteiger partial charge in [0.05, 0.1) is 13.2 Å². The van der Waals surface area contributed by atoms with E-state index in [1.165, 1.54) is 10.6 Å². The van der Waals surface area contributed by atoms with Crippen LogP contribution >= 0.6 is 0 Å². The molecule has 0 aromatic rings. The number of rotatable bonds is 12. The van der Waals surface area contributed by atoms with Crippen molar-refractivity contribution in [1.29, 1.82) is 0 Å². The summed E-state index contributed by atoms with van der Waals surface area (Å²) < 4.78 is 19.9. The first-order valence-corrected chi connectivity index (χ1v) is 10.8. The van der Waals surface area contributed by atoms with Gasteiger partial charge in [-0.05, 0) is 0 Å². The van der Waals surface area contributed by atoms with Crippen LogP contribution in [0.5, 0.6) is 0 Å². The van der Waals surface area contributed by atoms with Crippen LogP contribution in [0, 0.1) is 11.8 Å². The van der Waals surface area contributed by atoms with Crippen LogP contribution in [0.25, 0.3) is 0 Å². The van der Waals surface area contributed by atoms with Crippen molar-refractivity contribution in [2.24, 2.45) is 11.8 Å². The second-order valence-corrected chi connectivity index (χ2v) is 8.55. The van der Waals surface area contributed by atoms with Crippen molar-refractivity contribution < 1.29 is 19.9 Å². The number of hydrogen-bond acceptors (Lipinski definition) is 4. The molecule has 126 valence electrons. The molecule has 21 heavy (non-hydrogen) atoms. The summed E-state index contributed by atoms with van der Waals surface area (Å²) in [6, 6.07) is 0. The van der Waals surface area contributed by atoms with Crippen molar-refractivity contribution in [1.82, 2.24) is 0 Å². The molecule has 0 saturated carbocycles. The Morgan fingerprint density at radius 3 is 1.43 bits per heavy atom. The third-order valence-electron chi connectivity index (χ3n) is 2.59. The fourth-order valence-electron chi connectivity index (χ4n) is 1.40. The van der Waals surface area contributed by atoms with E-state index in [1.807, 2.05) is 0 Å². The van der Waals surface area contributed by atoms with Crippen molar-refractivity contribution in [3.05, 3.63) is 0 Å². The van der Waals surface area contributed by atoms with Crippen LogP contribution in [0.2, 0.25) is 10.6 Å². The molecular formula is C14H39Al2NaO4. The average Bonchev–Trinajstić information content (AvgIpc) is 2.38. The second kappa shape index (κ2) is 24.2. The molecule has 0 saturated heterocycles. The summed E-state index contributed by atoms with van der Waals surface area (Å²) in [6.07, 6.45) is 0. The standard InChI is InChI=1S/2C4H9.2C3H7O2.2Al.Na.2H2.3H/c2*1-4(2)3;2*1-5-3-2-4;;;;;;;;/h2*4H,1H2,2-3H3;2*2-3H2,1H3;;;;2*1H;;;/q;;2*-1;;+2;;;;;;. The first-order chi connectivity index (χ1) is 9.54. The van der Waals surface area contributed by atoms with Gasteiger partial charge in [0.25, 0.3) is 0 Å². The van der Waals surface area contributed by atoms with E-state index in [2.05, 4.69) is 27.7 Å². The molecule has 0 atom stereocenters. The normalized spacial score (nSPS) is 9.90. The Bertz CT molecular complexity index is 169. The van der Waals surface area contributed by atoms with Gasteiger partial charge in [0.1, 0.15) is 0 Å². The van der Waals surface area contributed by atoms with Crippen molar-refractivity contribution in [2.75, 3.05) is 40.6 Å². The summed E-state index contributed by atoms with van der Waals surface area (Å²) in [5.41, 5.74) is 0. The fraction of sp³-hybridized carbons (Fsp3) is 1.00. The molecule has 0 heterocycles. The zero-order valence-electron chi connectivity index (χ0n) is 14.4. The Hall–Kier alpha value is 1.90. The summed E-state index contributed by atoms with van der Waals surface area (Å²) >= 11 is -0.473. The van der Waals surface area contributed by atoms with Crippen molar-refractivity contribution >= 4 is 60.7 Å². The first-order valence-electron chi connectivity index (χ1n) is 7.67. The molecule has 0 radical (unpaired) electrons. The van der Waals surface area contributed by atoms with Gasteiger partial charge in [-0.2, -0.15) is 0 Å². The van der Waals surface area contributed by atoms with Crippen molar-refractivity contribution in [2.45, 2.75) is 38.3 Å². The van der Waals surface area contributed by atoms with E-state index in [0.29, 0.717) is 41.6 Å². The van der Waals surface area contributed by atoms with E-state index >= 15 is 0 Å². The molecule has 0 bridgehead atoms. The molecule has 0 aromatic carbocycles. The molecule has 0 aliphatic heterocycles. The Kier molecular flexibility index (Phi) is 31.9. The van der Waals surface area contributed by atoms with Gasteiger partial charge in [-0.25, -0.2) is 0 Å². The maximum atomic E-state index is 5.16. The van der Waals surface area contributed by atoms with E-state index < -0.39 is 15.9 Å². The summed E-state index contributed by atoms with van der Waals surface area (Å²) in [7, 11) is 3.30. The Labute approximate surface area is 170 Å². The van der Waals surface area contributed by atoms with Gasteiger partial charge in [-0.15, -0.1) is 0 Å². The summed E-state index contributed by atoms with van der Waals surface area (Å²) in [5.74, 6) is 1.91. The quantitative estimate of drug-likeness (QED) is 0.399. The minimum absolute atomic E-state index is 0. The van der Waals surface area contributed by atoms with Crippen LogP contribution in [0.4, 0.5) is 0 Å². The average molecular weight is 348 g/mol. The zero-order valence-corrected chi connectivity index (χ0v) is 17.3. The van der Waals surface area contributed by atoms with Crippen LogP contribution in [0.3, 0.4) is 0 Å². The summed E-state index contributed by atoms with van der Waals surface area (Å²) in [4.78, 5) is 0. The van der Waals surface area contributed by atoms with Gasteiger partial charge < -0.3 is 17.1 Å². The predicted octanol–water partition coefficient (Wildman–Crippen LogP) is 1.99. The van der Waals surface area contributed by atoms with E-state index in [1.54, 1.807) is 14.2 Å². The monoisotopic (exact) mass is 348 g/mol. The van der Waals surface area contributed by atoms with Crippen LogP contribution < -0.4 is 0 Å². The molecule has 0 rings (SSSR count). The maximum absolute atomic E-state index is 5.16. The predicted molar refractivity (Wildman–Crippen MR) is 101 cm³/mol. The topological polar surface area (TPSA) is 36.9 Å². The van der Waals surface area contributed by atoms with E-state index in [0.717, 1.165) is 11.8 Å². The van der Waals surface area contributed by atoms with Gasteiger partial charge in [0, 0.05) is 30.3 Å². The molecule has 0 aliphatic carbocycles. The summed E-state index contributed by atoms with van der Waals surface area (Å²) in [6.45, 7) is 11.9. The molecular weight excluding hydrogens is 309 g/mol. The van der Waals surface area contributed by atoms with Gasteiger partial charge in [-0.1, -0.05) is 50.1 Å². The summed E-state index contributed by atoms with van der Waals surface area (Å²) in [5, 5.41) is 3.08. The molecule has 0 N–H and O–H groups in total. The van der Waals surface area contributed by atoms with Crippen molar-refractivity contribution in [3.63, 3.8) is 0 Å². The van der Waals surface area contributed by atoms with Crippen LogP contribution in [0.1, 0.15) is 30.5 Å². The Balaban J connectivity index is -0.0000000843. The molecule has 0 fully saturated rings. The van der Waals surface area contributed by atoms with E-state index in [9.17, 15) is 0 Å². The number of methoxy groups -OCH3 is 2. The van der Waals surface area contributed by atoms with E-state index in [4.69, 9.17) is 17.1 Å². The third-order valence-corrected chi connectivity index (χ3v) is 6.63. The molecule has 0 unspecified atom stereocenters. The minimum atomic E-state index is -0.789. The number of ether oxygens (including phenoxy) is 2. The van der Waals surface area contributed by atoms with Crippen molar-refractivity contribution in [3.8, 4) is 0 Å². The molecule has 7 heteroatoms. The van der Waals surface area contributed by atoms with E-state index in [-0.39, 0.29) is 32.4 Å². The Morgan fingerprint density at radius 1 is 0.762 bits per heavy atom. The third kappa shape index (κ3) is 34.3. The van der Waals surface area contributed by atoms with Crippen LogP contribution in [-0.4, -0.2) is 101 Å². The molecule has 0 spiro atoms. The molecule has 4 nitrogen and oxygen atoms in total. The Morgan fingerprint density at radius 2 is 1.14 bits per heavy atom. The van der Waals surface area contributed by atoms with Crippen LogP contribution in [0.15, 0.2) is 0 Å². The van der Waals surface area contributed by atoms with Gasteiger partial charge in [0.2, 0.25) is 15.2 Å². The fourth-order valence-corrected chi connectivity index (χ4v) is 3.85. The SMILES string of the molecule is CC(C)[CH2][AlH][CH2]C(C)C.COCC[O][AlH][O]CCOC.[HH].[HH].[NaH].